The zero-order chi connectivity index (χ0) is 22.9. The van der Waals surface area contributed by atoms with E-state index in [9.17, 15) is 4.39 Å². The zero-order valence-corrected chi connectivity index (χ0v) is 18.4. The second-order valence-corrected chi connectivity index (χ2v) is 7.67. The molecule has 0 radical (unpaired) electrons. The minimum atomic E-state index is -0.288. The van der Waals surface area contributed by atoms with Crippen LogP contribution in [0.5, 0.6) is 5.75 Å². The SMILES string of the molecule is COc1cccc2c(C)cc(-n3nc(C)cc3Nc3ccc(-c4ccc(F)cc4)nn3)nc12. The fraction of sp³-hybridized carbons (Fsp3) is 0.120. The fourth-order valence-electron chi connectivity index (χ4n) is 3.72. The Morgan fingerprint density at radius 2 is 1.76 bits per heavy atom. The molecule has 5 aromatic rings. The smallest absolute Gasteiger partial charge is 0.156 e. The molecule has 0 amide bonds. The van der Waals surface area contributed by atoms with E-state index in [1.54, 1.807) is 23.9 Å². The number of para-hydroxylation sites is 1. The van der Waals surface area contributed by atoms with Crippen LogP contribution < -0.4 is 10.1 Å². The molecule has 0 saturated heterocycles. The number of halogens is 1. The van der Waals surface area contributed by atoms with Crippen LogP contribution in [0.1, 0.15) is 11.3 Å². The van der Waals surface area contributed by atoms with Gasteiger partial charge in [0.1, 0.15) is 22.9 Å². The normalized spacial score (nSPS) is 11.0. The summed E-state index contributed by atoms with van der Waals surface area (Å²) in [4.78, 5) is 4.82. The molecular weight excluding hydrogens is 419 g/mol. The van der Waals surface area contributed by atoms with Crippen LogP contribution in [0, 0.1) is 19.7 Å². The first-order chi connectivity index (χ1) is 16.0. The van der Waals surface area contributed by atoms with Gasteiger partial charge >= 0.3 is 0 Å². The highest BCUT2D eigenvalue weighted by atomic mass is 19.1. The highest BCUT2D eigenvalue weighted by Crippen LogP contribution is 2.29. The van der Waals surface area contributed by atoms with E-state index in [1.807, 2.05) is 56.3 Å². The summed E-state index contributed by atoms with van der Waals surface area (Å²) in [5.74, 6) is 2.34. The summed E-state index contributed by atoms with van der Waals surface area (Å²) in [5.41, 5.74) is 4.12. The first kappa shape index (κ1) is 20.6. The number of pyridine rings is 1. The number of aryl methyl sites for hydroxylation is 2. The molecule has 0 atom stereocenters. The van der Waals surface area contributed by atoms with Gasteiger partial charge in [-0.25, -0.2) is 9.37 Å². The van der Waals surface area contributed by atoms with Gasteiger partial charge in [0.2, 0.25) is 0 Å². The van der Waals surface area contributed by atoms with Crippen molar-refractivity contribution in [1.82, 2.24) is 25.0 Å². The summed E-state index contributed by atoms with van der Waals surface area (Å²) in [5, 5.41) is 17.5. The van der Waals surface area contributed by atoms with Gasteiger partial charge in [0, 0.05) is 17.0 Å². The molecule has 5 rings (SSSR count). The third kappa shape index (κ3) is 3.98. The van der Waals surface area contributed by atoms with Crippen LogP contribution >= 0.6 is 0 Å². The molecule has 0 aliphatic carbocycles. The lowest BCUT2D eigenvalue weighted by atomic mass is 10.1. The summed E-state index contributed by atoms with van der Waals surface area (Å²) >= 11 is 0. The fourth-order valence-corrected chi connectivity index (χ4v) is 3.72. The lowest BCUT2D eigenvalue weighted by molar-refractivity contribution is 0.419. The number of benzene rings is 2. The van der Waals surface area contributed by atoms with E-state index in [4.69, 9.17) is 9.72 Å². The Morgan fingerprint density at radius 1 is 0.939 bits per heavy atom. The van der Waals surface area contributed by atoms with Crippen LogP contribution in [0.2, 0.25) is 0 Å². The van der Waals surface area contributed by atoms with Crippen molar-refractivity contribution in [2.75, 3.05) is 12.4 Å². The number of anilines is 2. The predicted octanol–water partition coefficient (Wildman–Crippen LogP) is 5.39. The Hall–Kier alpha value is -4.33. The number of rotatable bonds is 5. The Labute approximate surface area is 189 Å². The van der Waals surface area contributed by atoms with E-state index in [2.05, 4.69) is 20.6 Å². The van der Waals surface area contributed by atoms with Crippen molar-refractivity contribution < 1.29 is 9.13 Å². The van der Waals surface area contributed by atoms with Crippen molar-refractivity contribution in [3.05, 3.63) is 83.8 Å². The van der Waals surface area contributed by atoms with Gasteiger partial charge in [-0.3, -0.25) is 0 Å². The number of hydrogen-bond acceptors (Lipinski definition) is 6. The summed E-state index contributed by atoms with van der Waals surface area (Å²) < 4.78 is 20.4. The van der Waals surface area contributed by atoms with E-state index in [1.165, 1.54) is 12.1 Å². The quantitative estimate of drug-likeness (QED) is 0.395. The molecule has 1 N–H and O–H groups in total. The minimum absolute atomic E-state index is 0.288. The van der Waals surface area contributed by atoms with E-state index in [-0.39, 0.29) is 5.82 Å². The van der Waals surface area contributed by atoms with Crippen LogP contribution in [0.3, 0.4) is 0 Å². The van der Waals surface area contributed by atoms with Crippen molar-refractivity contribution in [3.63, 3.8) is 0 Å². The standard InChI is InChI=1S/C25H21FN6O/c1-15-13-23(28-25-19(15)5-4-6-21(25)33-3)32-24(14-16(2)31-32)27-22-12-11-20(29-30-22)17-7-9-18(26)10-8-17/h4-14H,1-3H3,(H,27,30). The number of nitrogens with zero attached hydrogens (tertiary/aromatic N) is 5. The van der Waals surface area contributed by atoms with E-state index in [0.717, 1.165) is 27.7 Å². The van der Waals surface area contributed by atoms with Crippen LogP contribution in [-0.4, -0.2) is 32.1 Å². The molecule has 0 aliphatic heterocycles. The second-order valence-electron chi connectivity index (χ2n) is 7.67. The van der Waals surface area contributed by atoms with E-state index >= 15 is 0 Å². The maximum absolute atomic E-state index is 13.2. The average molecular weight is 440 g/mol. The first-order valence-electron chi connectivity index (χ1n) is 10.4. The van der Waals surface area contributed by atoms with E-state index < -0.39 is 0 Å². The summed E-state index contributed by atoms with van der Waals surface area (Å²) in [6.45, 7) is 3.95. The number of hydrogen-bond donors (Lipinski definition) is 1. The van der Waals surface area contributed by atoms with Crippen LogP contribution in [0.15, 0.2) is 66.7 Å². The predicted molar refractivity (Wildman–Crippen MR) is 126 cm³/mol. The van der Waals surface area contributed by atoms with Crippen LogP contribution in [0.4, 0.5) is 16.0 Å². The number of fused-ring (bicyclic) bond motifs is 1. The van der Waals surface area contributed by atoms with Crippen LogP contribution in [-0.2, 0) is 0 Å². The van der Waals surface area contributed by atoms with Crippen molar-refractivity contribution in [2.45, 2.75) is 13.8 Å². The summed E-state index contributed by atoms with van der Waals surface area (Å²) in [6, 6.07) is 19.6. The lowest BCUT2D eigenvalue weighted by Gasteiger charge is -2.12. The molecule has 0 fully saturated rings. The van der Waals surface area contributed by atoms with Crippen molar-refractivity contribution >= 4 is 22.5 Å². The van der Waals surface area contributed by atoms with Gasteiger partial charge in [0.25, 0.3) is 0 Å². The molecular formula is C25H21FN6O. The maximum atomic E-state index is 13.2. The van der Waals surface area contributed by atoms with Gasteiger partial charge in [-0.2, -0.15) is 9.78 Å². The highest BCUT2D eigenvalue weighted by Gasteiger charge is 2.14. The van der Waals surface area contributed by atoms with E-state index in [0.29, 0.717) is 28.9 Å². The molecule has 0 spiro atoms. The molecule has 7 nitrogen and oxygen atoms in total. The summed E-state index contributed by atoms with van der Waals surface area (Å²) in [7, 11) is 1.64. The highest BCUT2D eigenvalue weighted by molar-refractivity contribution is 5.88. The summed E-state index contributed by atoms with van der Waals surface area (Å²) in [6.07, 6.45) is 0. The molecule has 33 heavy (non-hydrogen) atoms. The molecule has 0 saturated carbocycles. The third-order valence-electron chi connectivity index (χ3n) is 5.32. The molecule has 0 bridgehead atoms. The third-order valence-corrected chi connectivity index (χ3v) is 5.32. The number of ether oxygens (including phenoxy) is 1. The molecule has 3 aromatic heterocycles. The minimum Gasteiger partial charge on any atom is -0.494 e. The van der Waals surface area contributed by atoms with Gasteiger partial charge in [-0.05, 0) is 67.9 Å². The molecule has 164 valence electrons. The van der Waals surface area contributed by atoms with Gasteiger partial charge in [-0.15, -0.1) is 10.2 Å². The van der Waals surface area contributed by atoms with Crippen molar-refractivity contribution in [1.29, 1.82) is 0 Å². The Bertz CT molecular complexity index is 1450. The maximum Gasteiger partial charge on any atom is 0.156 e. The molecule has 8 heteroatoms. The largest absolute Gasteiger partial charge is 0.494 e. The van der Waals surface area contributed by atoms with Crippen molar-refractivity contribution in [2.24, 2.45) is 0 Å². The Balaban J connectivity index is 1.49. The Kier molecular flexibility index (Phi) is 5.18. The van der Waals surface area contributed by atoms with Crippen molar-refractivity contribution in [3.8, 4) is 22.8 Å². The number of methoxy groups -OCH3 is 1. The average Bonchev–Trinajstić information content (AvgIpc) is 3.19. The second kappa shape index (κ2) is 8.31. The first-order valence-corrected chi connectivity index (χ1v) is 10.4. The lowest BCUT2D eigenvalue weighted by Crippen LogP contribution is -2.07. The van der Waals surface area contributed by atoms with Gasteiger partial charge in [0.05, 0.1) is 18.5 Å². The Morgan fingerprint density at radius 3 is 2.48 bits per heavy atom. The molecule has 0 aliphatic rings. The topological polar surface area (TPSA) is 77.8 Å². The zero-order valence-electron chi connectivity index (χ0n) is 18.4. The monoisotopic (exact) mass is 440 g/mol. The van der Waals surface area contributed by atoms with Gasteiger partial charge in [0.15, 0.2) is 11.6 Å². The van der Waals surface area contributed by atoms with Crippen LogP contribution in [0.25, 0.3) is 28.0 Å². The van der Waals surface area contributed by atoms with Gasteiger partial charge < -0.3 is 10.1 Å². The number of nitrogens with one attached hydrogen (secondary N) is 1. The van der Waals surface area contributed by atoms with Gasteiger partial charge in [-0.1, -0.05) is 12.1 Å². The molecule has 0 unspecified atom stereocenters. The number of aromatic nitrogens is 5. The molecule has 2 aromatic carbocycles. The molecule has 3 heterocycles.